The number of halogens is 3. The Bertz CT molecular complexity index is 463. The number of hydrogen-bond acceptors (Lipinski definition) is 2. The number of aromatic nitrogens is 2. The Morgan fingerprint density at radius 3 is 2.25 bits per heavy atom. The smallest absolute Gasteiger partial charge is 0.260 e. The minimum atomic E-state index is -4.31. The van der Waals surface area contributed by atoms with Crippen LogP contribution in [0, 0.1) is 6.20 Å². The van der Waals surface area contributed by atoms with Crippen molar-refractivity contribution in [2.75, 3.05) is 0 Å². The summed E-state index contributed by atoms with van der Waals surface area (Å²) in [6.45, 7) is 0. The lowest BCUT2D eigenvalue weighted by atomic mass is 10.1. The van der Waals surface area contributed by atoms with Crippen LogP contribution < -0.4 is 0 Å². The molecule has 2 aromatic rings. The van der Waals surface area contributed by atoms with Crippen molar-refractivity contribution in [1.29, 1.82) is 0 Å². The highest BCUT2D eigenvalue weighted by Gasteiger charge is 2.29. The molecule has 2 nitrogen and oxygen atoms in total. The molecule has 0 aliphatic rings. The van der Waals surface area contributed by atoms with E-state index < -0.39 is 11.7 Å². The number of hydrogen-bond donors (Lipinski definition) is 0. The van der Waals surface area contributed by atoms with E-state index in [-0.39, 0.29) is 0 Å². The number of benzene rings is 1. The minimum Gasteiger partial charge on any atom is -0.260 e. The van der Waals surface area contributed by atoms with Crippen LogP contribution in [0.15, 0.2) is 36.7 Å². The summed E-state index contributed by atoms with van der Waals surface area (Å²) in [6, 6.07) is 4.76. The summed E-state index contributed by atoms with van der Waals surface area (Å²) < 4.78 is 36.9. The third-order valence-corrected chi connectivity index (χ3v) is 2.02. The van der Waals surface area contributed by atoms with Crippen LogP contribution in [0.4, 0.5) is 13.2 Å². The highest BCUT2D eigenvalue weighted by molar-refractivity contribution is 5.58. The van der Waals surface area contributed by atoms with Gasteiger partial charge in [-0.25, -0.2) is 4.98 Å². The molecular formula is C11H6F3N2. The van der Waals surface area contributed by atoms with Gasteiger partial charge in [0.15, 0.2) is 0 Å². The van der Waals surface area contributed by atoms with Crippen molar-refractivity contribution in [3.05, 3.63) is 48.4 Å². The van der Waals surface area contributed by atoms with Gasteiger partial charge in [0.2, 0.25) is 0 Å². The standard InChI is InChI=1S/C11H6F3N2/c12-11(13,14)9-3-1-8(2-4-9)10-7-15-5-6-16-10/h1-5,7H. The second-order valence-electron chi connectivity index (χ2n) is 3.11. The molecule has 16 heavy (non-hydrogen) atoms. The van der Waals surface area contributed by atoms with Crippen molar-refractivity contribution in [2.24, 2.45) is 0 Å². The van der Waals surface area contributed by atoms with Crippen molar-refractivity contribution in [1.82, 2.24) is 9.97 Å². The SMILES string of the molecule is FC(F)(F)c1ccc(-c2cnc[c]n2)cc1. The van der Waals surface area contributed by atoms with E-state index in [1.54, 1.807) is 0 Å². The summed E-state index contributed by atoms with van der Waals surface area (Å²) in [5.41, 5.74) is 0.401. The molecule has 0 bridgehead atoms. The molecule has 1 heterocycles. The van der Waals surface area contributed by atoms with Gasteiger partial charge < -0.3 is 0 Å². The predicted octanol–water partition coefficient (Wildman–Crippen LogP) is 2.96. The first kappa shape index (κ1) is 10.6. The second-order valence-corrected chi connectivity index (χ2v) is 3.11. The molecule has 0 saturated heterocycles. The van der Waals surface area contributed by atoms with Crippen molar-refractivity contribution in [3.8, 4) is 11.3 Å². The first-order chi connectivity index (χ1) is 7.57. The summed E-state index contributed by atoms with van der Waals surface area (Å²) in [4.78, 5) is 7.66. The van der Waals surface area contributed by atoms with Crippen LogP contribution in [0.25, 0.3) is 11.3 Å². The first-order valence-electron chi connectivity index (χ1n) is 4.43. The molecule has 0 amide bonds. The van der Waals surface area contributed by atoms with Crippen molar-refractivity contribution in [3.63, 3.8) is 0 Å². The fourth-order valence-corrected chi connectivity index (χ4v) is 1.24. The van der Waals surface area contributed by atoms with Crippen molar-refractivity contribution < 1.29 is 13.2 Å². The van der Waals surface area contributed by atoms with E-state index in [1.807, 2.05) is 0 Å². The van der Waals surface area contributed by atoms with E-state index in [0.717, 1.165) is 12.1 Å². The maximum Gasteiger partial charge on any atom is 0.416 e. The molecule has 2 rings (SSSR count). The minimum absolute atomic E-state index is 0.497. The molecule has 0 N–H and O–H groups in total. The van der Waals surface area contributed by atoms with Gasteiger partial charge in [-0.2, -0.15) is 13.2 Å². The Balaban J connectivity index is 2.34. The lowest BCUT2D eigenvalue weighted by Crippen LogP contribution is -2.04. The van der Waals surface area contributed by atoms with Gasteiger partial charge in [0, 0.05) is 5.56 Å². The third-order valence-electron chi connectivity index (χ3n) is 2.02. The lowest BCUT2D eigenvalue weighted by Gasteiger charge is -2.06. The van der Waals surface area contributed by atoms with Crippen LogP contribution in [0.2, 0.25) is 0 Å². The van der Waals surface area contributed by atoms with E-state index >= 15 is 0 Å². The molecule has 1 radical (unpaired) electrons. The van der Waals surface area contributed by atoms with Gasteiger partial charge in [-0.05, 0) is 12.1 Å². The Morgan fingerprint density at radius 2 is 1.75 bits per heavy atom. The number of nitrogens with zero attached hydrogens (tertiary/aromatic N) is 2. The molecule has 0 spiro atoms. The van der Waals surface area contributed by atoms with Crippen LogP contribution in [-0.2, 0) is 6.18 Å². The predicted molar refractivity (Wildman–Crippen MR) is 51.3 cm³/mol. The number of rotatable bonds is 1. The van der Waals surface area contributed by atoms with Crippen LogP contribution in [0.1, 0.15) is 5.56 Å². The molecule has 0 aliphatic heterocycles. The Kier molecular flexibility index (Phi) is 2.60. The fourth-order valence-electron chi connectivity index (χ4n) is 1.24. The highest BCUT2D eigenvalue weighted by Crippen LogP contribution is 2.30. The van der Waals surface area contributed by atoms with Gasteiger partial charge >= 0.3 is 6.18 Å². The van der Waals surface area contributed by atoms with E-state index in [9.17, 15) is 13.2 Å². The monoisotopic (exact) mass is 223 g/mol. The normalized spacial score (nSPS) is 11.4. The number of alkyl halides is 3. The zero-order valence-corrected chi connectivity index (χ0v) is 7.99. The van der Waals surface area contributed by atoms with E-state index in [1.165, 1.54) is 24.5 Å². The topological polar surface area (TPSA) is 25.8 Å². The molecule has 0 aliphatic carbocycles. The molecule has 1 aromatic carbocycles. The molecule has 0 unspecified atom stereocenters. The van der Waals surface area contributed by atoms with Crippen LogP contribution in [0.3, 0.4) is 0 Å². The van der Waals surface area contributed by atoms with Gasteiger partial charge in [0.25, 0.3) is 0 Å². The van der Waals surface area contributed by atoms with Crippen molar-refractivity contribution in [2.45, 2.75) is 6.18 Å². The Hall–Kier alpha value is -1.91. The zero-order valence-electron chi connectivity index (χ0n) is 7.99. The molecule has 0 fully saturated rings. The average molecular weight is 223 g/mol. The van der Waals surface area contributed by atoms with Crippen molar-refractivity contribution >= 4 is 0 Å². The van der Waals surface area contributed by atoms with Crippen LogP contribution in [-0.4, -0.2) is 9.97 Å². The van der Waals surface area contributed by atoms with E-state index in [4.69, 9.17) is 0 Å². The summed E-state index contributed by atoms with van der Waals surface area (Å²) in [5.74, 6) is 0. The zero-order chi connectivity index (χ0) is 11.6. The molecule has 0 atom stereocenters. The molecule has 5 heteroatoms. The third kappa shape index (κ3) is 2.18. The molecular weight excluding hydrogens is 217 g/mol. The summed E-state index contributed by atoms with van der Waals surface area (Å²) >= 11 is 0. The van der Waals surface area contributed by atoms with Gasteiger partial charge in [0.05, 0.1) is 23.7 Å². The second kappa shape index (κ2) is 3.92. The molecule has 1 aromatic heterocycles. The van der Waals surface area contributed by atoms with Crippen LogP contribution >= 0.6 is 0 Å². The van der Waals surface area contributed by atoms with Gasteiger partial charge in [-0.1, -0.05) is 12.1 Å². The highest BCUT2D eigenvalue weighted by atomic mass is 19.4. The van der Waals surface area contributed by atoms with Gasteiger partial charge in [-0.3, -0.25) is 4.98 Å². The quantitative estimate of drug-likeness (QED) is 0.742. The maximum absolute atomic E-state index is 12.3. The molecule has 81 valence electrons. The van der Waals surface area contributed by atoms with Crippen LogP contribution in [0.5, 0.6) is 0 Å². The average Bonchev–Trinajstić information content (AvgIpc) is 2.29. The first-order valence-corrected chi connectivity index (χ1v) is 4.43. The Labute approximate surface area is 89.8 Å². The molecule has 0 saturated carbocycles. The fraction of sp³-hybridized carbons (Fsp3) is 0.0909. The summed E-state index contributed by atoms with van der Waals surface area (Å²) in [6.07, 6.45) is 1.06. The lowest BCUT2D eigenvalue weighted by molar-refractivity contribution is -0.137. The van der Waals surface area contributed by atoms with Gasteiger partial charge in [-0.15, -0.1) is 0 Å². The van der Waals surface area contributed by atoms with Gasteiger partial charge in [0.1, 0.15) is 6.20 Å². The maximum atomic E-state index is 12.3. The summed E-state index contributed by atoms with van der Waals surface area (Å²) in [7, 11) is 0. The van der Waals surface area contributed by atoms with E-state index in [2.05, 4.69) is 16.2 Å². The van der Waals surface area contributed by atoms with E-state index in [0.29, 0.717) is 11.3 Å². The Morgan fingerprint density at radius 1 is 1.06 bits per heavy atom. The summed E-state index contributed by atoms with van der Waals surface area (Å²) in [5, 5.41) is 0. The largest absolute Gasteiger partial charge is 0.416 e.